The van der Waals surface area contributed by atoms with Crippen LogP contribution in [-0.4, -0.2) is 17.7 Å². The Balaban J connectivity index is 2.43. The maximum Gasteiger partial charge on any atom is 0.241 e. The van der Waals surface area contributed by atoms with E-state index in [2.05, 4.69) is 6.07 Å². The van der Waals surface area contributed by atoms with E-state index in [1.54, 1.807) is 16.7 Å². The maximum absolute atomic E-state index is 12.3. The van der Waals surface area contributed by atoms with Gasteiger partial charge in [0.15, 0.2) is 0 Å². The fourth-order valence-electron chi connectivity index (χ4n) is 1.89. The van der Waals surface area contributed by atoms with Crippen LogP contribution in [0.4, 0.5) is 5.69 Å². The largest absolute Gasteiger partial charge is 0.296 e. The van der Waals surface area contributed by atoms with Crippen molar-refractivity contribution in [1.82, 2.24) is 0 Å². The highest BCUT2D eigenvalue weighted by atomic mass is 32.2. The van der Waals surface area contributed by atoms with Crippen LogP contribution in [0.15, 0.2) is 29.2 Å². The second-order valence-corrected chi connectivity index (χ2v) is 5.52. The minimum atomic E-state index is -0.0850. The lowest BCUT2D eigenvalue weighted by molar-refractivity contribution is -0.118. The van der Waals surface area contributed by atoms with Gasteiger partial charge in [0.1, 0.15) is 6.54 Å². The zero-order chi connectivity index (χ0) is 12.4. The number of thioether (sulfide) groups is 1. The minimum Gasteiger partial charge on any atom is -0.296 e. The summed E-state index contributed by atoms with van der Waals surface area (Å²) in [6.07, 6.45) is 0. The summed E-state index contributed by atoms with van der Waals surface area (Å²) in [5.74, 6) is 0.312. The van der Waals surface area contributed by atoms with Crippen molar-refractivity contribution in [3.8, 4) is 6.07 Å². The van der Waals surface area contributed by atoms with Gasteiger partial charge in [0.05, 0.1) is 17.0 Å². The Labute approximate surface area is 105 Å². The Morgan fingerprint density at radius 1 is 1.47 bits per heavy atom. The molecule has 88 valence electrons. The molecule has 0 fully saturated rings. The average Bonchev–Trinajstić information content (AvgIpc) is 2.32. The van der Waals surface area contributed by atoms with Crippen molar-refractivity contribution in [2.75, 3.05) is 11.4 Å². The zero-order valence-corrected chi connectivity index (χ0v) is 10.7. The lowest BCUT2D eigenvalue weighted by Gasteiger charge is -2.33. The summed E-state index contributed by atoms with van der Waals surface area (Å²) in [5.41, 5.74) is 0.862. The van der Waals surface area contributed by atoms with Gasteiger partial charge in [-0.15, -0.1) is 11.8 Å². The molecule has 1 aromatic carbocycles. The van der Waals surface area contributed by atoms with E-state index >= 15 is 0 Å². The molecule has 0 N–H and O–H groups in total. The maximum atomic E-state index is 12.3. The molecule has 0 saturated heterocycles. The molecular weight excluding hydrogens is 232 g/mol. The van der Waals surface area contributed by atoms with E-state index in [0.717, 1.165) is 10.6 Å². The molecule has 1 unspecified atom stereocenters. The molecule has 1 aliphatic rings. The smallest absolute Gasteiger partial charge is 0.241 e. The van der Waals surface area contributed by atoms with Gasteiger partial charge in [0, 0.05) is 4.90 Å². The quantitative estimate of drug-likeness (QED) is 0.754. The SMILES string of the molecule is CC(C)C1Sc2ccccc2N(CC#N)C1=O. The third-order valence-electron chi connectivity index (χ3n) is 2.75. The molecule has 0 aromatic heterocycles. The van der Waals surface area contributed by atoms with Gasteiger partial charge in [-0.25, -0.2) is 0 Å². The van der Waals surface area contributed by atoms with E-state index < -0.39 is 0 Å². The van der Waals surface area contributed by atoms with Crippen molar-refractivity contribution in [2.24, 2.45) is 5.92 Å². The molecule has 3 nitrogen and oxygen atoms in total. The molecule has 1 amide bonds. The van der Waals surface area contributed by atoms with Gasteiger partial charge in [-0.3, -0.25) is 9.69 Å². The average molecular weight is 246 g/mol. The topological polar surface area (TPSA) is 44.1 Å². The van der Waals surface area contributed by atoms with Crippen LogP contribution in [0, 0.1) is 17.2 Å². The lowest BCUT2D eigenvalue weighted by atomic mass is 10.1. The molecule has 0 radical (unpaired) electrons. The van der Waals surface area contributed by atoms with E-state index in [9.17, 15) is 4.79 Å². The highest BCUT2D eigenvalue weighted by molar-refractivity contribution is 8.01. The molecule has 1 heterocycles. The second-order valence-electron chi connectivity index (χ2n) is 4.33. The number of carbonyl (C=O) groups excluding carboxylic acids is 1. The number of nitrogens with zero attached hydrogens (tertiary/aromatic N) is 2. The summed E-state index contributed by atoms with van der Waals surface area (Å²) in [4.78, 5) is 15.0. The van der Waals surface area contributed by atoms with Crippen LogP contribution >= 0.6 is 11.8 Å². The second kappa shape index (κ2) is 4.80. The number of hydrogen-bond acceptors (Lipinski definition) is 3. The molecule has 1 aromatic rings. The Hall–Kier alpha value is -1.47. The lowest BCUT2D eigenvalue weighted by Crippen LogP contribution is -2.43. The predicted molar refractivity (Wildman–Crippen MR) is 68.9 cm³/mol. The Morgan fingerprint density at radius 3 is 2.82 bits per heavy atom. The van der Waals surface area contributed by atoms with Crippen molar-refractivity contribution in [3.63, 3.8) is 0 Å². The van der Waals surface area contributed by atoms with E-state index in [-0.39, 0.29) is 23.6 Å². The summed E-state index contributed by atoms with van der Waals surface area (Å²) in [7, 11) is 0. The van der Waals surface area contributed by atoms with E-state index in [1.807, 2.05) is 38.1 Å². The van der Waals surface area contributed by atoms with Crippen LogP contribution in [-0.2, 0) is 4.79 Å². The van der Waals surface area contributed by atoms with Crippen molar-refractivity contribution in [3.05, 3.63) is 24.3 Å². The van der Waals surface area contributed by atoms with Gasteiger partial charge in [0.25, 0.3) is 0 Å². The molecule has 4 heteroatoms. The monoisotopic (exact) mass is 246 g/mol. The van der Waals surface area contributed by atoms with Crippen LogP contribution in [0.5, 0.6) is 0 Å². The molecule has 1 atom stereocenters. The number of hydrogen-bond donors (Lipinski definition) is 0. The third kappa shape index (κ3) is 2.16. The molecule has 2 rings (SSSR count). The van der Waals surface area contributed by atoms with Crippen molar-refractivity contribution in [1.29, 1.82) is 5.26 Å². The van der Waals surface area contributed by atoms with E-state index in [4.69, 9.17) is 5.26 Å². The van der Waals surface area contributed by atoms with Crippen molar-refractivity contribution >= 4 is 23.4 Å². The van der Waals surface area contributed by atoms with Gasteiger partial charge >= 0.3 is 0 Å². The van der Waals surface area contributed by atoms with Crippen molar-refractivity contribution in [2.45, 2.75) is 24.0 Å². The molecular formula is C13H14N2OS. The third-order valence-corrected chi connectivity index (χ3v) is 4.35. The van der Waals surface area contributed by atoms with Crippen molar-refractivity contribution < 1.29 is 4.79 Å². The van der Waals surface area contributed by atoms with Crippen LogP contribution < -0.4 is 4.90 Å². The van der Waals surface area contributed by atoms with Gasteiger partial charge < -0.3 is 0 Å². The number of amides is 1. The summed E-state index contributed by atoms with van der Waals surface area (Å²) in [6, 6.07) is 9.82. The van der Waals surface area contributed by atoms with Gasteiger partial charge in [-0.05, 0) is 18.1 Å². The highest BCUT2D eigenvalue weighted by Gasteiger charge is 2.34. The number of anilines is 1. The molecule has 0 saturated carbocycles. The van der Waals surface area contributed by atoms with E-state index in [1.165, 1.54) is 0 Å². The highest BCUT2D eigenvalue weighted by Crippen LogP contribution is 2.41. The molecule has 17 heavy (non-hydrogen) atoms. The first-order valence-corrected chi connectivity index (χ1v) is 6.47. The van der Waals surface area contributed by atoms with Gasteiger partial charge in [0.2, 0.25) is 5.91 Å². The first-order chi connectivity index (χ1) is 8.15. The Bertz CT molecular complexity index is 479. The first kappa shape index (κ1) is 12.0. The predicted octanol–water partition coefficient (Wildman–Crippen LogP) is 2.67. The molecule has 1 aliphatic heterocycles. The fraction of sp³-hybridized carbons (Fsp3) is 0.385. The van der Waals surface area contributed by atoms with Gasteiger partial charge in [-0.1, -0.05) is 26.0 Å². The minimum absolute atomic E-state index is 0.0465. The Kier molecular flexibility index (Phi) is 3.39. The molecule has 0 bridgehead atoms. The summed E-state index contributed by atoms with van der Waals surface area (Å²) in [6.45, 7) is 4.20. The normalized spacial score (nSPS) is 19.1. The zero-order valence-electron chi connectivity index (χ0n) is 9.88. The number of benzene rings is 1. The number of fused-ring (bicyclic) bond motifs is 1. The number of nitriles is 1. The number of carbonyl (C=O) groups is 1. The standard InChI is InChI=1S/C13H14N2OS/c1-9(2)12-13(16)15(8-7-14)10-5-3-4-6-11(10)17-12/h3-6,9,12H,8H2,1-2H3. The molecule has 0 aliphatic carbocycles. The number of rotatable bonds is 2. The first-order valence-electron chi connectivity index (χ1n) is 5.59. The van der Waals surface area contributed by atoms with Gasteiger partial charge in [-0.2, -0.15) is 5.26 Å². The summed E-state index contributed by atoms with van der Waals surface area (Å²) < 4.78 is 0. The summed E-state index contributed by atoms with van der Waals surface area (Å²) in [5, 5.41) is 8.75. The van der Waals surface area contributed by atoms with E-state index in [0.29, 0.717) is 0 Å². The molecule has 0 spiro atoms. The Morgan fingerprint density at radius 2 is 2.18 bits per heavy atom. The van der Waals surface area contributed by atoms with Crippen LogP contribution in [0.3, 0.4) is 0 Å². The fourth-order valence-corrected chi connectivity index (χ4v) is 3.12. The number of para-hydroxylation sites is 1. The van der Waals surface area contributed by atoms with Crippen LogP contribution in [0.2, 0.25) is 0 Å². The van der Waals surface area contributed by atoms with Crippen LogP contribution in [0.1, 0.15) is 13.8 Å². The summed E-state index contributed by atoms with van der Waals surface area (Å²) >= 11 is 1.60. The van der Waals surface area contributed by atoms with Crippen LogP contribution in [0.25, 0.3) is 0 Å².